The third kappa shape index (κ3) is 6.13. The van der Waals surface area contributed by atoms with E-state index in [1.807, 2.05) is 48.5 Å². The average molecular weight is 531 g/mol. The minimum Gasteiger partial charge on any atom is -0.492 e. The second-order valence-corrected chi connectivity index (χ2v) is 9.36. The number of nitrogens with zero attached hydrogens (tertiary/aromatic N) is 2. The molecule has 37 heavy (non-hydrogen) atoms. The zero-order chi connectivity index (χ0) is 25.6. The van der Waals surface area contributed by atoms with Gasteiger partial charge in [-0.05, 0) is 66.6 Å². The Bertz CT molecular complexity index is 1520. The van der Waals surface area contributed by atoms with Gasteiger partial charge in [0.05, 0.1) is 22.7 Å². The van der Waals surface area contributed by atoms with Crippen LogP contribution in [0.3, 0.4) is 0 Å². The third-order valence-corrected chi connectivity index (χ3v) is 6.39. The predicted octanol–water partition coefficient (Wildman–Crippen LogP) is 7.82. The summed E-state index contributed by atoms with van der Waals surface area (Å²) in [5.74, 6) is 1.56. The molecular formula is C30H24Cl2N2O3. The molecule has 0 aliphatic rings. The highest BCUT2D eigenvalue weighted by atomic mass is 35.5. The number of rotatable bonds is 9. The van der Waals surface area contributed by atoms with Crippen LogP contribution in [0.4, 0.5) is 0 Å². The first-order valence-electron chi connectivity index (χ1n) is 11.9. The van der Waals surface area contributed by atoms with Gasteiger partial charge in [0.15, 0.2) is 0 Å². The van der Waals surface area contributed by atoms with Gasteiger partial charge in [0, 0.05) is 23.6 Å². The Morgan fingerprint density at radius 1 is 0.865 bits per heavy atom. The largest absolute Gasteiger partial charge is 0.492 e. The lowest BCUT2D eigenvalue weighted by atomic mass is 10.2. The summed E-state index contributed by atoms with van der Waals surface area (Å²) < 4.78 is 13.4. The summed E-state index contributed by atoms with van der Waals surface area (Å²) in [4.78, 5) is 17.2. The van der Waals surface area contributed by atoms with Crippen molar-refractivity contribution in [1.82, 2.24) is 9.55 Å². The topological polar surface area (TPSA) is 53.4 Å². The second-order valence-electron chi connectivity index (χ2n) is 8.52. The van der Waals surface area contributed by atoms with Crippen LogP contribution in [0.25, 0.3) is 22.4 Å². The van der Waals surface area contributed by atoms with Crippen LogP contribution in [0, 0.1) is 0 Å². The molecule has 0 saturated heterocycles. The smallest absolute Gasteiger partial charge is 0.311 e. The van der Waals surface area contributed by atoms with E-state index in [2.05, 4.69) is 22.8 Å². The minimum atomic E-state index is -0.324. The molecular weight excluding hydrogens is 507 g/mol. The van der Waals surface area contributed by atoms with E-state index in [0.29, 0.717) is 41.1 Å². The Labute approximate surface area is 225 Å². The van der Waals surface area contributed by atoms with Crippen LogP contribution >= 0.6 is 23.2 Å². The summed E-state index contributed by atoms with van der Waals surface area (Å²) in [7, 11) is 0. The number of benzene rings is 4. The predicted molar refractivity (Wildman–Crippen MR) is 148 cm³/mol. The van der Waals surface area contributed by atoms with E-state index < -0.39 is 0 Å². The molecule has 0 aliphatic carbocycles. The number of hydrogen-bond acceptors (Lipinski definition) is 4. The van der Waals surface area contributed by atoms with Gasteiger partial charge < -0.3 is 14.0 Å². The first kappa shape index (κ1) is 24.9. The van der Waals surface area contributed by atoms with Crippen LogP contribution in [-0.4, -0.2) is 22.1 Å². The maximum absolute atomic E-state index is 12.3. The van der Waals surface area contributed by atoms with Gasteiger partial charge in [-0.1, -0.05) is 65.7 Å². The van der Waals surface area contributed by atoms with Gasteiger partial charge in [-0.15, -0.1) is 0 Å². The maximum atomic E-state index is 12.3. The Balaban J connectivity index is 1.22. The Morgan fingerprint density at radius 3 is 2.41 bits per heavy atom. The Hall–Kier alpha value is -3.80. The van der Waals surface area contributed by atoms with Crippen LogP contribution in [0.5, 0.6) is 11.5 Å². The van der Waals surface area contributed by atoms with Gasteiger partial charge >= 0.3 is 5.97 Å². The molecule has 1 aromatic heterocycles. The lowest BCUT2D eigenvalue weighted by Gasteiger charge is -2.11. The van der Waals surface area contributed by atoms with Crippen LogP contribution in [0.1, 0.15) is 18.4 Å². The van der Waals surface area contributed by atoms with Gasteiger partial charge in [0.25, 0.3) is 0 Å². The molecule has 5 aromatic rings. The lowest BCUT2D eigenvalue weighted by molar-refractivity contribution is -0.134. The van der Waals surface area contributed by atoms with Crippen molar-refractivity contribution < 1.29 is 14.3 Å². The highest BCUT2D eigenvalue weighted by Gasteiger charge is 2.14. The minimum absolute atomic E-state index is 0.222. The van der Waals surface area contributed by atoms with Crippen LogP contribution in [0.2, 0.25) is 10.0 Å². The van der Waals surface area contributed by atoms with E-state index in [1.165, 1.54) is 5.56 Å². The summed E-state index contributed by atoms with van der Waals surface area (Å²) in [5, 5.41) is 0.979. The lowest BCUT2D eigenvalue weighted by Crippen LogP contribution is -2.10. The SMILES string of the molecule is O=C(CCCOc1ccc(Cl)cc1Cl)Oc1ccc(-c2nc3ccccc3n2Cc2ccccc2)cc1. The third-order valence-electron chi connectivity index (χ3n) is 5.86. The molecule has 0 N–H and O–H groups in total. The standard InChI is InChI=1S/C30H24Cl2N2O3/c31-23-14-17-28(25(32)19-23)36-18-6-11-29(35)37-24-15-12-22(13-16-24)30-33-26-9-4-5-10-27(26)34(30)20-21-7-2-1-3-8-21/h1-5,7-10,12-17,19H,6,11,18,20H2. The maximum Gasteiger partial charge on any atom is 0.311 e. The summed E-state index contributed by atoms with van der Waals surface area (Å²) in [6, 6.07) is 30.9. The zero-order valence-electron chi connectivity index (χ0n) is 19.9. The summed E-state index contributed by atoms with van der Waals surface area (Å²) >= 11 is 12.0. The summed E-state index contributed by atoms with van der Waals surface area (Å²) in [6.07, 6.45) is 0.721. The van der Waals surface area contributed by atoms with Gasteiger partial charge in [0.1, 0.15) is 17.3 Å². The van der Waals surface area contributed by atoms with Crippen molar-refractivity contribution in [2.45, 2.75) is 19.4 Å². The van der Waals surface area contributed by atoms with Crippen LogP contribution in [-0.2, 0) is 11.3 Å². The molecule has 0 spiro atoms. The molecule has 0 radical (unpaired) electrons. The summed E-state index contributed by atoms with van der Waals surface area (Å²) in [5.41, 5.74) is 4.14. The van der Waals surface area contributed by atoms with Crippen molar-refractivity contribution in [1.29, 1.82) is 0 Å². The molecule has 0 amide bonds. The van der Waals surface area contributed by atoms with Crippen molar-refractivity contribution in [3.63, 3.8) is 0 Å². The number of carbonyl (C=O) groups excluding carboxylic acids is 1. The number of carbonyl (C=O) groups is 1. The van der Waals surface area contributed by atoms with E-state index in [1.54, 1.807) is 30.3 Å². The number of fused-ring (bicyclic) bond motifs is 1. The first-order valence-corrected chi connectivity index (χ1v) is 12.7. The molecule has 0 unspecified atom stereocenters. The number of imidazole rings is 1. The van der Waals surface area contributed by atoms with E-state index >= 15 is 0 Å². The average Bonchev–Trinajstić information content (AvgIpc) is 3.27. The fraction of sp³-hybridized carbons (Fsp3) is 0.133. The van der Waals surface area contributed by atoms with E-state index in [-0.39, 0.29) is 12.4 Å². The van der Waals surface area contributed by atoms with Gasteiger partial charge in [-0.3, -0.25) is 4.79 Å². The number of ether oxygens (including phenoxy) is 2. The Kier molecular flexibility index (Phi) is 7.73. The van der Waals surface area contributed by atoms with Gasteiger partial charge in [-0.2, -0.15) is 0 Å². The monoisotopic (exact) mass is 530 g/mol. The second kappa shape index (κ2) is 11.5. The van der Waals surface area contributed by atoms with Gasteiger partial charge in [0.2, 0.25) is 0 Å². The van der Waals surface area contributed by atoms with Crippen molar-refractivity contribution in [2.75, 3.05) is 6.61 Å². The molecule has 5 rings (SSSR count). The molecule has 0 saturated carbocycles. The fourth-order valence-electron chi connectivity index (χ4n) is 4.07. The quantitative estimate of drug-likeness (QED) is 0.111. The molecule has 5 nitrogen and oxygen atoms in total. The molecule has 7 heteroatoms. The van der Waals surface area contributed by atoms with E-state index in [0.717, 1.165) is 22.4 Å². The number of para-hydroxylation sites is 2. The van der Waals surface area contributed by atoms with Crippen molar-refractivity contribution in [2.24, 2.45) is 0 Å². The number of hydrogen-bond donors (Lipinski definition) is 0. The molecule has 186 valence electrons. The zero-order valence-corrected chi connectivity index (χ0v) is 21.5. The first-order chi connectivity index (χ1) is 18.1. The van der Waals surface area contributed by atoms with Crippen molar-refractivity contribution in [3.8, 4) is 22.9 Å². The molecule has 0 bridgehead atoms. The molecule has 0 fully saturated rings. The Morgan fingerprint density at radius 2 is 1.62 bits per heavy atom. The van der Waals surface area contributed by atoms with Crippen molar-refractivity contribution in [3.05, 3.63) is 113 Å². The highest BCUT2D eigenvalue weighted by molar-refractivity contribution is 6.35. The summed E-state index contributed by atoms with van der Waals surface area (Å²) in [6.45, 7) is 1.05. The van der Waals surface area contributed by atoms with Crippen LogP contribution < -0.4 is 9.47 Å². The molecule has 0 atom stereocenters. The van der Waals surface area contributed by atoms with E-state index in [9.17, 15) is 4.79 Å². The highest BCUT2D eigenvalue weighted by Crippen LogP contribution is 2.29. The number of halogens is 2. The van der Waals surface area contributed by atoms with E-state index in [4.69, 9.17) is 37.7 Å². The number of aromatic nitrogens is 2. The van der Waals surface area contributed by atoms with Crippen LogP contribution in [0.15, 0.2) is 97.1 Å². The molecule has 4 aromatic carbocycles. The number of esters is 1. The normalized spacial score (nSPS) is 11.0. The fourth-order valence-corrected chi connectivity index (χ4v) is 4.53. The molecule has 1 heterocycles. The van der Waals surface area contributed by atoms with Crippen molar-refractivity contribution >= 4 is 40.2 Å². The molecule has 0 aliphatic heterocycles. The van der Waals surface area contributed by atoms with Gasteiger partial charge in [-0.25, -0.2) is 4.98 Å².